The number of halogens is 3. The fraction of sp³-hybridized carbons (Fsp3) is 0.0714. The number of benzene rings is 2. The van der Waals surface area contributed by atoms with Gasteiger partial charge in [0.05, 0.1) is 0 Å². The predicted molar refractivity (Wildman–Crippen MR) is 61.9 cm³/mol. The van der Waals surface area contributed by atoms with Crippen LogP contribution in [-0.4, -0.2) is 6.29 Å². The van der Waals surface area contributed by atoms with Gasteiger partial charge in [-0.3, -0.25) is 4.79 Å². The van der Waals surface area contributed by atoms with Crippen molar-refractivity contribution < 1.29 is 18.0 Å². The monoisotopic (exact) mass is 250 g/mol. The summed E-state index contributed by atoms with van der Waals surface area (Å²) in [6.07, 6.45) is 0.551. The Morgan fingerprint density at radius 3 is 2.33 bits per heavy atom. The first kappa shape index (κ1) is 12.4. The van der Waals surface area contributed by atoms with Crippen LogP contribution in [0.15, 0.2) is 30.3 Å². The van der Waals surface area contributed by atoms with E-state index in [2.05, 4.69) is 0 Å². The van der Waals surface area contributed by atoms with Crippen LogP contribution in [0.4, 0.5) is 13.2 Å². The van der Waals surface area contributed by atoms with E-state index in [1.165, 1.54) is 6.07 Å². The van der Waals surface area contributed by atoms with E-state index in [1.807, 2.05) is 0 Å². The van der Waals surface area contributed by atoms with Crippen molar-refractivity contribution in [1.82, 2.24) is 0 Å². The van der Waals surface area contributed by atoms with Gasteiger partial charge in [-0.25, -0.2) is 13.2 Å². The van der Waals surface area contributed by atoms with Crippen LogP contribution in [0.25, 0.3) is 11.1 Å². The summed E-state index contributed by atoms with van der Waals surface area (Å²) in [5, 5.41) is 0. The molecule has 0 saturated heterocycles. The van der Waals surface area contributed by atoms with Crippen LogP contribution in [0.1, 0.15) is 15.9 Å². The van der Waals surface area contributed by atoms with E-state index in [4.69, 9.17) is 0 Å². The van der Waals surface area contributed by atoms with E-state index in [1.54, 1.807) is 19.1 Å². The number of carbonyl (C=O) groups is 1. The Bertz CT molecular complexity index is 621. The molecule has 1 nitrogen and oxygen atoms in total. The second-order valence-corrected chi connectivity index (χ2v) is 3.93. The van der Waals surface area contributed by atoms with Crippen molar-refractivity contribution in [1.29, 1.82) is 0 Å². The maximum Gasteiger partial charge on any atom is 0.195 e. The Morgan fingerprint density at radius 1 is 0.944 bits per heavy atom. The van der Waals surface area contributed by atoms with Gasteiger partial charge in [-0.1, -0.05) is 23.8 Å². The second-order valence-electron chi connectivity index (χ2n) is 3.93. The van der Waals surface area contributed by atoms with Gasteiger partial charge in [-0.15, -0.1) is 0 Å². The Hall–Kier alpha value is -2.10. The Balaban J connectivity index is 2.72. The summed E-state index contributed by atoms with van der Waals surface area (Å²) in [6, 6.07) is 6.71. The number of aldehydes is 1. The van der Waals surface area contributed by atoms with Crippen LogP contribution >= 0.6 is 0 Å². The van der Waals surface area contributed by atoms with Crippen molar-refractivity contribution in [2.45, 2.75) is 6.92 Å². The average molecular weight is 250 g/mol. The first-order chi connectivity index (χ1) is 8.54. The molecule has 0 spiro atoms. The minimum absolute atomic E-state index is 0.125. The Morgan fingerprint density at radius 2 is 1.67 bits per heavy atom. The summed E-state index contributed by atoms with van der Waals surface area (Å²) < 4.78 is 39.7. The highest BCUT2D eigenvalue weighted by atomic mass is 19.2. The molecule has 2 rings (SSSR count). The van der Waals surface area contributed by atoms with Crippen molar-refractivity contribution in [3.05, 3.63) is 58.9 Å². The molecule has 0 aromatic heterocycles. The van der Waals surface area contributed by atoms with Crippen LogP contribution in [-0.2, 0) is 0 Å². The maximum atomic E-state index is 13.7. The third-order valence-electron chi connectivity index (χ3n) is 2.66. The Labute approximate surface area is 102 Å². The molecule has 0 radical (unpaired) electrons. The molecular formula is C14H9F3O. The molecule has 0 heterocycles. The minimum atomic E-state index is -1.54. The van der Waals surface area contributed by atoms with Gasteiger partial charge in [0.15, 0.2) is 23.7 Å². The van der Waals surface area contributed by atoms with E-state index in [0.29, 0.717) is 6.29 Å². The molecule has 0 saturated carbocycles. The normalized spacial score (nSPS) is 10.4. The first-order valence-electron chi connectivity index (χ1n) is 5.24. The van der Waals surface area contributed by atoms with Crippen LogP contribution < -0.4 is 0 Å². The Kier molecular flexibility index (Phi) is 3.19. The molecule has 0 unspecified atom stereocenters. The van der Waals surface area contributed by atoms with E-state index in [-0.39, 0.29) is 16.7 Å². The summed E-state index contributed by atoms with van der Waals surface area (Å²) in [7, 11) is 0. The third kappa shape index (κ3) is 2.01. The highest BCUT2D eigenvalue weighted by Crippen LogP contribution is 2.28. The molecule has 2 aromatic rings. The average Bonchev–Trinajstić information content (AvgIpc) is 2.36. The van der Waals surface area contributed by atoms with Crippen LogP contribution in [0.2, 0.25) is 0 Å². The van der Waals surface area contributed by atoms with Gasteiger partial charge in [-0.05, 0) is 24.6 Å². The van der Waals surface area contributed by atoms with Gasteiger partial charge < -0.3 is 0 Å². The fourth-order valence-corrected chi connectivity index (χ4v) is 1.74. The molecule has 0 aliphatic heterocycles. The van der Waals surface area contributed by atoms with Crippen LogP contribution in [0.3, 0.4) is 0 Å². The lowest BCUT2D eigenvalue weighted by Crippen LogP contribution is -1.97. The lowest BCUT2D eigenvalue weighted by atomic mass is 9.97. The van der Waals surface area contributed by atoms with Gasteiger partial charge in [-0.2, -0.15) is 0 Å². The molecular weight excluding hydrogens is 241 g/mol. The topological polar surface area (TPSA) is 17.1 Å². The van der Waals surface area contributed by atoms with E-state index in [9.17, 15) is 18.0 Å². The molecule has 0 aliphatic rings. The van der Waals surface area contributed by atoms with Crippen molar-refractivity contribution in [3.63, 3.8) is 0 Å². The summed E-state index contributed by atoms with van der Waals surface area (Å²) in [5.41, 5.74) is 1.14. The summed E-state index contributed by atoms with van der Waals surface area (Å²) in [6.45, 7) is 1.76. The molecule has 0 amide bonds. The van der Waals surface area contributed by atoms with Crippen LogP contribution in [0, 0.1) is 24.4 Å². The number of aryl methyl sites for hydroxylation is 1. The smallest absolute Gasteiger partial charge is 0.195 e. The fourth-order valence-electron chi connectivity index (χ4n) is 1.74. The highest BCUT2D eigenvalue weighted by molar-refractivity contribution is 5.88. The zero-order chi connectivity index (χ0) is 13.3. The SMILES string of the molecule is Cc1ccc(C=O)c(-c2ccc(F)c(F)c2F)c1. The quantitative estimate of drug-likeness (QED) is 0.583. The minimum Gasteiger partial charge on any atom is -0.298 e. The maximum absolute atomic E-state index is 13.7. The zero-order valence-electron chi connectivity index (χ0n) is 9.51. The summed E-state index contributed by atoms with van der Waals surface area (Å²) in [4.78, 5) is 10.9. The van der Waals surface area contributed by atoms with Crippen LogP contribution in [0.5, 0.6) is 0 Å². The number of hydrogen-bond acceptors (Lipinski definition) is 1. The van der Waals surface area contributed by atoms with Gasteiger partial charge >= 0.3 is 0 Å². The number of rotatable bonds is 2. The standard InChI is InChI=1S/C14H9F3O/c1-8-2-3-9(7-18)11(6-8)10-4-5-12(15)14(17)13(10)16/h2-7H,1H3. The van der Waals surface area contributed by atoms with E-state index >= 15 is 0 Å². The molecule has 0 bridgehead atoms. The zero-order valence-corrected chi connectivity index (χ0v) is 9.51. The predicted octanol–water partition coefficient (Wildman–Crippen LogP) is 3.89. The molecule has 2 aromatic carbocycles. The summed E-state index contributed by atoms with van der Waals surface area (Å²) in [5.74, 6) is -4.08. The van der Waals surface area contributed by atoms with Gasteiger partial charge in [0.1, 0.15) is 0 Å². The highest BCUT2D eigenvalue weighted by Gasteiger charge is 2.16. The van der Waals surface area contributed by atoms with Crippen molar-refractivity contribution >= 4 is 6.29 Å². The third-order valence-corrected chi connectivity index (χ3v) is 2.66. The largest absolute Gasteiger partial charge is 0.298 e. The van der Waals surface area contributed by atoms with E-state index in [0.717, 1.165) is 17.7 Å². The van der Waals surface area contributed by atoms with Gasteiger partial charge in [0.25, 0.3) is 0 Å². The lowest BCUT2D eigenvalue weighted by Gasteiger charge is -2.08. The second kappa shape index (κ2) is 4.64. The molecule has 4 heteroatoms. The first-order valence-corrected chi connectivity index (χ1v) is 5.24. The molecule has 18 heavy (non-hydrogen) atoms. The van der Waals surface area contributed by atoms with Crippen molar-refractivity contribution in [2.75, 3.05) is 0 Å². The molecule has 0 N–H and O–H groups in total. The van der Waals surface area contributed by atoms with Gasteiger partial charge in [0.2, 0.25) is 0 Å². The molecule has 0 atom stereocenters. The molecule has 0 aliphatic carbocycles. The van der Waals surface area contributed by atoms with Crippen molar-refractivity contribution in [2.24, 2.45) is 0 Å². The summed E-state index contributed by atoms with van der Waals surface area (Å²) >= 11 is 0. The molecule has 92 valence electrons. The van der Waals surface area contributed by atoms with Gasteiger partial charge in [0, 0.05) is 11.1 Å². The van der Waals surface area contributed by atoms with E-state index < -0.39 is 17.5 Å². The molecule has 0 fully saturated rings. The van der Waals surface area contributed by atoms with Crippen molar-refractivity contribution in [3.8, 4) is 11.1 Å². The lowest BCUT2D eigenvalue weighted by molar-refractivity contribution is 0.112. The number of hydrogen-bond donors (Lipinski definition) is 0. The number of carbonyl (C=O) groups excluding carboxylic acids is 1.